The Kier molecular flexibility index (Phi) is 4.75. The Morgan fingerprint density at radius 3 is 2.73 bits per heavy atom. The molecule has 0 aliphatic carbocycles. The number of aromatic nitrogens is 2. The third-order valence-electron chi connectivity index (χ3n) is 3.12. The topological polar surface area (TPSA) is 59.6 Å². The second-order valence-corrected chi connectivity index (χ2v) is 5.64. The molecule has 0 unspecified atom stereocenters. The minimum Gasteiger partial charge on any atom is -0.395 e. The summed E-state index contributed by atoms with van der Waals surface area (Å²) in [6, 6.07) is 6.67. The van der Waals surface area contributed by atoms with Crippen molar-refractivity contribution >= 4 is 16.7 Å². The zero-order chi connectivity index (χ0) is 16.3. The van der Waals surface area contributed by atoms with Gasteiger partial charge in [-0.2, -0.15) is 8.78 Å². The van der Waals surface area contributed by atoms with E-state index >= 15 is 0 Å². The molecular weight excluding hydrogens is 292 g/mol. The first kappa shape index (κ1) is 16.4. The molecule has 22 heavy (non-hydrogen) atoms. The summed E-state index contributed by atoms with van der Waals surface area (Å²) in [5, 5.41) is 13.4. The summed E-state index contributed by atoms with van der Waals surface area (Å²) in [6.45, 7) is 2.34. The van der Waals surface area contributed by atoms with Gasteiger partial charge in [-0.15, -0.1) is 0 Å². The summed E-state index contributed by atoms with van der Waals surface area (Å²) in [5.41, 5.74) is 0.217. The van der Waals surface area contributed by atoms with Gasteiger partial charge >= 0.3 is 6.55 Å². The molecule has 0 radical (unpaired) electrons. The summed E-state index contributed by atoms with van der Waals surface area (Å²) in [5.74, 6) is 0.0689. The molecule has 7 heteroatoms. The fourth-order valence-corrected chi connectivity index (χ4v) is 1.98. The van der Waals surface area contributed by atoms with Gasteiger partial charge in [0, 0.05) is 6.42 Å². The summed E-state index contributed by atoms with van der Waals surface area (Å²) in [7, 11) is 0. The molecule has 0 fully saturated rings. The van der Waals surface area contributed by atoms with E-state index in [9.17, 15) is 13.9 Å². The Balaban J connectivity index is 2.24. The highest BCUT2D eigenvalue weighted by Gasteiger charge is 2.19. The number of benzene rings is 1. The maximum Gasteiger partial charge on any atom is 0.320 e. The van der Waals surface area contributed by atoms with E-state index in [0.29, 0.717) is 17.5 Å². The summed E-state index contributed by atoms with van der Waals surface area (Å²) < 4.78 is 27.4. The highest BCUT2D eigenvalue weighted by molar-refractivity contribution is 5.98. The number of fused-ring (bicyclic) bond motifs is 1. The van der Waals surface area contributed by atoms with Crippen LogP contribution in [-0.4, -0.2) is 32.6 Å². The minimum absolute atomic E-state index is 0.0689. The average Bonchev–Trinajstić information content (AvgIpc) is 2.81. The molecule has 2 rings (SSSR count). The molecule has 0 saturated heterocycles. The molecule has 0 aliphatic heterocycles. The number of oxime groups is 1. The van der Waals surface area contributed by atoms with E-state index < -0.39 is 12.2 Å². The molecule has 1 N–H and O–H groups in total. The quantitative estimate of drug-likeness (QED) is 0.506. The molecule has 2 aromatic rings. The first-order valence-corrected chi connectivity index (χ1v) is 6.94. The molecule has 120 valence electrons. The predicted octanol–water partition coefficient (Wildman–Crippen LogP) is 3.33. The number of nitrogens with zero attached hydrogens (tertiary/aromatic N) is 3. The van der Waals surface area contributed by atoms with Crippen molar-refractivity contribution in [2.75, 3.05) is 6.61 Å². The van der Waals surface area contributed by atoms with Crippen LogP contribution in [-0.2, 0) is 4.84 Å². The maximum atomic E-state index is 13.3. The molecule has 0 saturated carbocycles. The van der Waals surface area contributed by atoms with Crippen molar-refractivity contribution in [2.24, 2.45) is 5.16 Å². The van der Waals surface area contributed by atoms with Crippen LogP contribution >= 0.6 is 0 Å². The number of hydrogen-bond donors (Lipinski definition) is 1. The van der Waals surface area contributed by atoms with Crippen molar-refractivity contribution in [1.29, 1.82) is 0 Å². The first-order valence-electron chi connectivity index (χ1n) is 6.94. The number of para-hydroxylation sites is 2. The van der Waals surface area contributed by atoms with E-state index in [-0.39, 0.29) is 18.1 Å². The van der Waals surface area contributed by atoms with Crippen LogP contribution in [0.3, 0.4) is 0 Å². The molecule has 1 aromatic carbocycles. The third-order valence-corrected chi connectivity index (χ3v) is 3.12. The second kappa shape index (κ2) is 6.39. The van der Waals surface area contributed by atoms with E-state index in [2.05, 4.69) is 10.1 Å². The fourth-order valence-electron chi connectivity index (χ4n) is 1.98. The van der Waals surface area contributed by atoms with Crippen molar-refractivity contribution < 1.29 is 18.7 Å². The SMILES string of the molecule is CC(=NOCCC(C)(C)O)c1nc2ccccc2n1C(F)F. The smallest absolute Gasteiger partial charge is 0.320 e. The Morgan fingerprint density at radius 2 is 2.09 bits per heavy atom. The predicted molar refractivity (Wildman–Crippen MR) is 80.1 cm³/mol. The van der Waals surface area contributed by atoms with E-state index in [1.807, 2.05) is 0 Å². The molecule has 0 atom stereocenters. The van der Waals surface area contributed by atoms with Gasteiger partial charge in [0.2, 0.25) is 0 Å². The van der Waals surface area contributed by atoms with Gasteiger partial charge in [0.15, 0.2) is 5.82 Å². The van der Waals surface area contributed by atoms with Crippen molar-refractivity contribution in [1.82, 2.24) is 9.55 Å². The zero-order valence-electron chi connectivity index (χ0n) is 12.8. The Bertz CT molecular complexity index is 675. The molecule has 5 nitrogen and oxygen atoms in total. The highest BCUT2D eigenvalue weighted by Crippen LogP contribution is 2.23. The van der Waals surface area contributed by atoms with Gasteiger partial charge in [-0.05, 0) is 32.9 Å². The number of halogens is 2. The standard InChI is InChI=1S/C15H19F2N3O2/c1-10(19-22-9-8-15(2,3)21)13-18-11-6-4-5-7-12(11)20(13)14(16)17/h4-7,14,21H,8-9H2,1-3H3. The van der Waals surface area contributed by atoms with E-state index in [4.69, 9.17) is 4.84 Å². The van der Waals surface area contributed by atoms with Crippen LogP contribution in [0.4, 0.5) is 8.78 Å². The van der Waals surface area contributed by atoms with Gasteiger partial charge in [0.25, 0.3) is 0 Å². The van der Waals surface area contributed by atoms with E-state index in [1.165, 1.54) is 0 Å². The van der Waals surface area contributed by atoms with Crippen molar-refractivity contribution in [3.8, 4) is 0 Å². The molecule has 0 spiro atoms. The minimum atomic E-state index is -2.72. The van der Waals surface area contributed by atoms with Crippen LogP contribution in [0.15, 0.2) is 29.4 Å². The Hall–Kier alpha value is -2.02. The van der Waals surface area contributed by atoms with Crippen molar-refractivity contribution in [3.05, 3.63) is 30.1 Å². The van der Waals surface area contributed by atoms with E-state index in [1.54, 1.807) is 45.0 Å². The molecular formula is C15H19F2N3O2. The summed E-state index contributed by atoms with van der Waals surface area (Å²) in [6.07, 6.45) is 0.384. The average molecular weight is 311 g/mol. The number of aliphatic hydroxyl groups is 1. The van der Waals surface area contributed by atoms with Crippen LogP contribution in [0.2, 0.25) is 0 Å². The molecule has 0 amide bonds. The fraction of sp³-hybridized carbons (Fsp3) is 0.467. The van der Waals surface area contributed by atoms with Crippen molar-refractivity contribution in [2.45, 2.75) is 39.3 Å². The number of alkyl halides is 2. The van der Waals surface area contributed by atoms with Crippen LogP contribution in [0, 0.1) is 0 Å². The van der Waals surface area contributed by atoms with Crippen LogP contribution in [0.5, 0.6) is 0 Å². The van der Waals surface area contributed by atoms with Gasteiger partial charge in [-0.25, -0.2) is 4.98 Å². The molecule has 1 aromatic heterocycles. The summed E-state index contributed by atoms with van der Waals surface area (Å²) in [4.78, 5) is 9.27. The normalized spacial score (nSPS) is 13.1. The van der Waals surface area contributed by atoms with E-state index in [0.717, 1.165) is 4.57 Å². The number of hydrogen-bond acceptors (Lipinski definition) is 4. The number of imidazole rings is 1. The van der Waals surface area contributed by atoms with Crippen LogP contribution < -0.4 is 0 Å². The van der Waals surface area contributed by atoms with Gasteiger partial charge < -0.3 is 9.94 Å². The van der Waals surface area contributed by atoms with Crippen LogP contribution in [0.1, 0.15) is 39.6 Å². The lowest BCUT2D eigenvalue weighted by Crippen LogP contribution is -2.20. The molecule has 0 aliphatic rings. The Labute approximate surface area is 127 Å². The van der Waals surface area contributed by atoms with Gasteiger partial charge in [0.05, 0.1) is 16.6 Å². The monoisotopic (exact) mass is 311 g/mol. The highest BCUT2D eigenvalue weighted by atomic mass is 19.3. The van der Waals surface area contributed by atoms with Crippen molar-refractivity contribution in [3.63, 3.8) is 0 Å². The maximum absolute atomic E-state index is 13.3. The third kappa shape index (κ3) is 3.79. The lowest BCUT2D eigenvalue weighted by Gasteiger charge is -2.15. The Morgan fingerprint density at radius 1 is 1.41 bits per heavy atom. The molecule has 0 bridgehead atoms. The number of rotatable bonds is 6. The first-order chi connectivity index (χ1) is 10.3. The van der Waals surface area contributed by atoms with Gasteiger partial charge in [-0.3, -0.25) is 4.57 Å². The molecule has 1 heterocycles. The van der Waals surface area contributed by atoms with Gasteiger partial charge in [0.1, 0.15) is 12.3 Å². The lowest BCUT2D eigenvalue weighted by molar-refractivity contribution is 0.0298. The zero-order valence-corrected chi connectivity index (χ0v) is 12.8. The lowest BCUT2D eigenvalue weighted by atomic mass is 10.1. The second-order valence-electron chi connectivity index (χ2n) is 5.64. The van der Waals surface area contributed by atoms with Crippen LogP contribution in [0.25, 0.3) is 11.0 Å². The largest absolute Gasteiger partial charge is 0.395 e. The van der Waals surface area contributed by atoms with Gasteiger partial charge in [-0.1, -0.05) is 17.3 Å². The summed E-state index contributed by atoms with van der Waals surface area (Å²) >= 11 is 0.